The lowest BCUT2D eigenvalue weighted by Crippen LogP contribution is -1.96. The Bertz CT molecular complexity index is 642. The molecule has 0 saturated carbocycles. The predicted octanol–water partition coefficient (Wildman–Crippen LogP) is 6.76. The van der Waals surface area contributed by atoms with Crippen molar-refractivity contribution in [1.82, 2.24) is 0 Å². The third-order valence-corrected chi connectivity index (χ3v) is 4.06. The van der Waals surface area contributed by atoms with Crippen molar-refractivity contribution in [3.8, 4) is 11.5 Å². The smallest absolute Gasteiger partial charge is 0.119 e. The van der Waals surface area contributed by atoms with E-state index in [1.54, 1.807) is 0 Å². The summed E-state index contributed by atoms with van der Waals surface area (Å²) in [7, 11) is 0. The summed E-state index contributed by atoms with van der Waals surface area (Å²) < 4.78 is 11.3. The number of azo groups is 1. The highest BCUT2D eigenvalue weighted by Crippen LogP contribution is 2.23. The van der Waals surface area contributed by atoms with Crippen LogP contribution in [0, 0.1) is 0 Å². The van der Waals surface area contributed by atoms with Gasteiger partial charge in [0.2, 0.25) is 0 Å². The van der Waals surface area contributed by atoms with Crippen molar-refractivity contribution in [2.75, 3.05) is 19.0 Å². The van der Waals surface area contributed by atoms with Crippen LogP contribution in [0.2, 0.25) is 0 Å². The van der Waals surface area contributed by atoms with Gasteiger partial charge in [0.15, 0.2) is 0 Å². The minimum Gasteiger partial charge on any atom is -0.494 e. The van der Waals surface area contributed by atoms with Crippen LogP contribution in [0.25, 0.3) is 0 Å². The SMILES string of the molecule is CCCOc1ccc(N=Nc2ccc(OCCCCCCS)cc2)cc1. The lowest BCUT2D eigenvalue weighted by Gasteiger charge is -2.06. The van der Waals surface area contributed by atoms with Gasteiger partial charge in [-0.3, -0.25) is 0 Å². The van der Waals surface area contributed by atoms with Gasteiger partial charge in [0.05, 0.1) is 24.6 Å². The van der Waals surface area contributed by atoms with Crippen LogP contribution in [0.5, 0.6) is 11.5 Å². The van der Waals surface area contributed by atoms with Crippen LogP contribution in [0.1, 0.15) is 39.0 Å². The van der Waals surface area contributed by atoms with E-state index in [2.05, 4.69) is 29.8 Å². The number of thiol groups is 1. The molecule has 0 aliphatic rings. The molecule has 0 saturated heterocycles. The lowest BCUT2D eigenvalue weighted by atomic mass is 10.2. The number of hydrogen-bond acceptors (Lipinski definition) is 5. The molecule has 0 N–H and O–H groups in total. The Morgan fingerprint density at radius 3 is 1.69 bits per heavy atom. The third kappa shape index (κ3) is 7.91. The molecule has 0 aliphatic heterocycles. The first kappa shape index (κ1) is 20.3. The van der Waals surface area contributed by atoms with E-state index in [-0.39, 0.29) is 0 Å². The van der Waals surface area contributed by atoms with Gasteiger partial charge < -0.3 is 9.47 Å². The predicted molar refractivity (Wildman–Crippen MR) is 111 cm³/mol. The monoisotopic (exact) mass is 372 g/mol. The first-order valence-electron chi connectivity index (χ1n) is 9.30. The van der Waals surface area contributed by atoms with Crippen molar-refractivity contribution in [1.29, 1.82) is 0 Å². The Labute approximate surface area is 162 Å². The zero-order valence-electron chi connectivity index (χ0n) is 15.4. The Morgan fingerprint density at radius 1 is 0.692 bits per heavy atom. The van der Waals surface area contributed by atoms with Gasteiger partial charge in [0.25, 0.3) is 0 Å². The van der Waals surface area contributed by atoms with Crippen molar-refractivity contribution < 1.29 is 9.47 Å². The molecule has 0 unspecified atom stereocenters. The van der Waals surface area contributed by atoms with E-state index in [1.165, 1.54) is 19.3 Å². The van der Waals surface area contributed by atoms with Gasteiger partial charge in [-0.05, 0) is 73.5 Å². The van der Waals surface area contributed by atoms with Crippen molar-refractivity contribution in [3.05, 3.63) is 48.5 Å². The van der Waals surface area contributed by atoms with Crippen LogP contribution in [-0.4, -0.2) is 19.0 Å². The molecule has 0 amide bonds. The van der Waals surface area contributed by atoms with Crippen LogP contribution in [0.3, 0.4) is 0 Å². The van der Waals surface area contributed by atoms with E-state index in [9.17, 15) is 0 Å². The molecular weight excluding hydrogens is 344 g/mol. The van der Waals surface area contributed by atoms with E-state index in [4.69, 9.17) is 9.47 Å². The highest BCUT2D eigenvalue weighted by molar-refractivity contribution is 7.80. The molecule has 0 atom stereocenters. The fraction of sp³-hybridized carbons (Fsp3) is 0.429. The summed E-state index contributed by atoms with van der Waals surface area (Å²) in [5.41, 5.74) is 1.60. The Kier molecular flexibility index (Phi) is 9.65. The largest absolute Gasteiger partial charge is 0.494 e. The summed E-state index contributed by atoms with van der Waals surface area (Å²) in [5.74, 6) is 2.70. The van der Waals surface area contributed by atoms with E-state index >= 15 is 0 Å². The van der Waals surface area contributed by atoms with Gasteiger partial charge in [0.1, 0.15) is 11.5 Å². The van der Waals surface area contributed by atoms with Gasteiger partial charge in [-0.1, -0.05) is 19.8 Å². The minimum absolute atomic E-state index is 0.727. The van der Waals surface area contributed by atoms with Crippen LogP contribution < -0.4 is 9.47 Å². The van der Waals surface area contributed by atoms with Crippen LogP contribution in [-0.2, 0) is 0 Å². The van der Waals surface area contributed by atoms with Gasteiger partial charge in [-0.25, -0.2) is 0 Å². The van der Waals surface area contributed by atoms with Gasteiger partial charge >= 0.3 is 0 Å². The molecule has 0 aliphatic carbocycles. The second-order valence-electron chi connectivity index (χ2n) is 6.02. The molecule has 0 aromatic heterocycles. The molecule has 2 aromatic carbocycles. The lowest BCUT2D eigenvalue weighted by molar-refractivity contribution is 0.305. The number of benzene rings is 2. The zero-order valence-corrected chi connectivity index (χ0v) is 16.3. The fourth-order valence-electron chi connectivity index (χ4n) is 2.31. The molecule has 0 fully saturated rings. The Hall–Kier alpha value is -2.01. The summed E-state index contributed by atoms with van der Waals surface area (Å²) in [5, 5.41) is 8.51. The summed E-state index contributed by atoms with van der Waals surface area (Å²) in [4.78, 5) is 0. The summed E-state index contributed by atoms with van der Waals surface area (Å²) >= 11 is 4.22. The van der Waals surface area contributed by atoms with Crippen molar-refractivity contribution in [3.63, 3.8) is 0 Å². The number of hydrogen-bond donors (Lipinski definition) is 1. The summed E-state index contributed by atoms with van der Waals surface area (Å²) in [6, 6.07) is 15.3. The number of unbranched alkanes of at least 4 members (excludes halogenated alkanes) is 3. The fourth-order valence-corrected chi connectivity index (χ4v) is 2.53. The summed E-state index contributed by atoms with van der Waals surface area (Å²) in [6.45, 7) is 3.56. The number of nitrogens with zero attached hydrogens (tertiary/aromatic N) is 2. The topological polar surface area (TPSA) is 43.2 Å². The highest BCUT2D eigenvalue weighted by Gasteiger charge is 1.97. The normalized spacial score (nSPS) is 11.0. The van der Waals surface area contributed by atoms with Crippen molar-refractivity contribution in [2.24, 2.45) is 10.2 Å². The van der Waals surface area contributed by atoms with Crippen molar-refractivity contribution >= 4 is 24.0 Å². The zero-order chi connectivity index (χ0) is 18.5. The van der Waals surface area contributed by atoms with E-state index < -0.39 is 0 Å². The quantitative estimate of drug-likeness (QED) is 0.254. The molecular formula is C21H28N2O2S. The molecule has 26 heavy (non-hydrogen) atoms. The molecule has 0 bridgehead atoms. The third-order valence-electron chi connectivity index (χ3n) is 3.75. The highest BCUT2D eigenvalue weighted by atomic mass is 32.1. The van der Waals surface area contributed by atoms with Crippen LogP contribution in [0.15, 0.2) is 58.8 Å². The van der Waals surface area contributed by atoms with E-state index in [0.29, 0.717) is 0 Å². The molecule has 5 heteroatoms. The van der Waals surface area contributed by atoms with Gasteiger partial charge in [0, 0.05) is 0 Å². The van der Waals surface area contributed by atoms with Gasteiger partial charge in [-0.2, -0.15) is 22.9 Å². The summed E-state index contributed by atoms with van der Waals surface area (Å²) in [6.07, 6.45) is 5.66. The molecule has 0 heterocycles. The first-order valence-corrected chi connectivity index (χ1v) is 9.93. The standard InChI is InChI=1S/C21H28N2O2S/c1-2-15-24-20-11-7-18(8-12-20)22-23-19-9-13-21(14-10-19)25-16-5-3-4-6-17-26/h7-14,26H,2-6,15-17H2,1H3. The molecule has 0 spiro atoms. The second-order valence-corrected chi connectivity index (χ2v) is 6.47. The van der Waals surface area contributed by atoms with Crippen LogP contribution in [0.4, 0.5) is 11.4 Å². The molecule has 140 valence electrons. The second kappa shape index (κ2) is 12.4. The first-order chi connectivity index (χ1) is 12.8. The maximum Gasteiger partial charge on any atom is 0.119 e. The average Bonchev–Trinajstić information content (AvgIpc) is 2.69. The minimum atomic E-state index is 0.727. The van der Waals surface area contributed by atoms with E-state index in [1.807, 2.05) is 48.5 Å². The Morgan fingerprint density at radius 2 is 1.19 bits per heavy atom. The van der Waals surface area contributed by atoms with Gasteiger partial charge in [-0.15, -0.1) is 0 Å². The molecule has 2 rings (SSSR count). The molecule has 2 aromatic rings. The number of rotatable bonds is 12. The number of ether oxygens (including phenoxy) is 2. The average molecular weight is 373 g/mol. The molecule has 0 radical (unpaired) electrons. The Balaban J connectivity index is 1.76. The molecule has 4 nitrogen and oxygen atoms in total. The maximum atomic E-state index is 5.74. The van der Waals surface area contributed by atoms with E-state index in [0.717, 1.165) is 54.7 Å². The van der Waals surface area contributed by atoms with Crippen LogP contribution >= 0.6 is 12.6 Å². The van der Waals surface area contributed by atoms with Crippen molar-refractivity contribution in [2.45, 2.75) is 39.0 Å². The maximum absolute atomic E-state index is 5.74.